The van der Waals surface area contributed by atoms with Gasteiger partial charge in [0.1, 0.15) is 6.04 Å². The molecule has 5 nitrogen and oxygen atoms in total. The fraction of sp³-hybridized carbons (Fsp3) is 0.435. The number of nitrogens with zero attached hydrogens (tertiary/aromatic N) is 1. The number of sulfonamides is 1. The zero-order valence-electron chi connectivity index (χ0n) is 17.9. The Morgan fingerprint density at radius 1 is 1.17 bits per heavy atom. The number of rotatable bonds is 7. The van der Waals surface area contributed by atoms with E-state index in [4.69, 9.17) is 11.6 Å². The molecule has 162 valence electrons. The molecule has 0 aromatic heterocycles. The maximum Gasteiger partial charge on any atom is 0.244 e. The lowest BCUT2D eigenvalue weighted by Gasteiger charge is -2.31. The molecule has 3 rings (SSSR count). The minimum atomic E-state index is -3.70. The highest BCUT2D eigenvalue weighted by Crippen LogP contribution is 2.29. The van der Waals surface area contributed by atoms with E-state index in [-0.39, 0.29) is 11.9 Å². The van der Waals surface area contributed by atoms with Crippen molar-refractivity contribution in [2.45, 2.75) is 58.5 Å². The van der Waals surface area contributed by atoms with Crippen LogP contribution in [-0.4, -0.2) is 26.6 Å². The first-order valence-electron chi connectivity index (χ1n) is 10.3. The van der Waals surface area contributed by atoms with Crippen LogP contribution in [0.1, 0.15) is 55.0 Å². The Bertz CT molecular complexity index is 1050. The van der Waals surface area contributed by atoms with Gasteiger partial charge in [-0.3, -0.25) is 9.10 Å². The van der Waals surface area contributed by atoms with E-state index in [1.807, 2.05) is 19.9 Å². The van der Waals surface area contributed by atoms with Crippen molar-refractivity contribution in [2.75, 3.05) is 10.6 Å². The highest BCUT2D eigenvalue weighted by atomic mass is 35.5. The Labute approximate surface area is 184 Å². The smallest absolute Gasteiger partial charge is 0.244 e. The van der Waals surface area contributed by atoms with Crippen LogP contribution in [0.25, 0.3) is 0 Å². The summed E-state index contributed by atoms with van der Waals surface area (Å²) in [5, 5.41) is 3.47. The van der Waals surface area contributed by atoms with E-state index in [9.17, 15) is 13.2 Å². The number of benzene rings is 2. The van der Waals surface area contributed by atoms with Gasteiger partial charge >= 0.3 is 0 Å². The number of hydrogen-bond donors (Lipinski definition) is 1. The summed E-state index contributed by atoms with van der Waals surface area (Å²) in [6.45, 7) is 5.58. The Morgan fingerprint density at radius 2 is 1.87 bits per heavy atom. The average Bonchev–Trinajstić information content (AvgIpc) is 3.15. The molecule has 7 heteroatoms. The predicted octanol–water partition coefficient (Wildman–Crippen LogP) is 4.56. The van der Waals surface area contributed by atoms with Gasteiger partial charge in [0.15, 0.2) is 0 Å². The fourth-order valence-electron chi connectivity index (χ4n) is 4.03. The second-order valence-electron chi connectivity index (χ2n) is 8.03. The monoisotopic (exact) mass is 448 g/mol. The molecule has 2 aromatic carbocycles. The number of amides is 1. The van der Waals surface area contributed by atoms with Gasteiger partial charge in [-0.2, -0.15) is 0 Å². The van der Waals surface area contributed by atoms with Crippen molar-refractivity contribution >= 4 is 33.2 Å². The van der Waals surface area contributed by atoms with Gasteiger partial charge in [-0.25, -0.2) is 8.42 Å². The molecule has 0 fully saturated rings. The zero-order valence-corrected chi connectivity index (χ0v) is 19.5. The molecule has 0 unspecified atom stereocenters. The van der Waals surface area contributed by atoms with Crippen molar-refractivity contribution in [1.82, 2.24) is 5.32 Å². The number of carbonyl (C=O) groups is 1. The second-order valence-corrected chi connectivity index (χ2v) is 10.3. The van der Waals surface area contributed by atoms with Crippen molar-refractivity contribution in [3.63, 3.8) is 0 Å². The molecular weight excluding hydrogens is 420 g/mol. The highest BCUT2D eigenvalue weighted by molar-refractivity contribution is 7.92. The normalized spacial score (nSPS) is 15.4. The van der Waals surface area contributed by atoms with Crippen LogP contribution in [0.4, 0.5) is 5.69 Å². The first kappa shape index (κ1) is 22.6. The van der Waals surface area contributed by atoms with Gasteiger partial charge < -0.3 is 5.32 Å². The van der Waals surface area contributed by atoms with E-state index in [2.05, 4.69) is 17.4 Å². The number of anilines is 1. The molecule has 1 N–H and O–H groups in total. The molecule has 0 bridgehead atoms. The lowest BCUT2D eigenvalue weighted by Crippen LogP contribution is -2.49. The van der Waals surface area contributed by atoms with Crippen molar-refractivity contribution < 1.29 is 13.2 Å². The minimum absolute atomic E-state index is 0.222. The van der Waals surface area contributed by atoms with Crippen LogP contribution in [0.5, 0.6) is 0 Å². The van der Waals surface area contributed by atoms with E-state index in [0.29, 0.717) is 17.1 Å². The molecule has 0 spiro atoms. The second kappa shape index (κ2) is 8.98. The van der Waals surface area contributed by atoms with Crippen LogP contribution in [0.15, 0.2) is 36.4 Å². The molecule has 0 saturated heterocycles. The summed E-state index contributed by atoms with van der Waals surface area (Å²) in [5.41, 5.74) is 4.98. The van der Waals surface area contributed by atoms with Crippen molar-refractivity contribution in [2.24, 2.45) is 0 Å². The summed E-state index contributed by atoms with van der Waals surface area (Å²) < 4.78 is 26.4. The molecule has 1 aliphatic rings. The van der Waals surface area contributed by atoms with Gasteiger partial charge in [0.05, 0.1) is 18.0 Å². The third kappa shape index (κ3) is 4.81. The highest BCUT2D eigenvalue weighted by Gasteiger charge is 2.32. The Kier molecular flexibility index (Phi) is 6.78. The van der Waals surface area contributed by atoms with Gasteiger partial charge in [-0.05, 0) is 73.9 Å². The number of fused-ring (bicyclic) bond motifs is 1. The lowest BCUT2D eigenvalue weighted by atomic mass is 10.0. The van der Waals surface area contributed by atoms with Gasteiger partial charge in [0.2, 0.25) is 15.9 Å². The zero-order chi connectivity index (χ0) is 22.1. The van der Waals surface area contributed by atoms with Gasteiger partial charge in [0.25, 0.3) is 0 Å². The summed E-state index contributed by atoms with van der Waals surface area (Å²) in [6.07, 6.45) is 4.79. The van der Waals surface area contributed by atoms with E-state index >= 15 is 0 Å². The van der Waals surface area contributed by atoms with Crippen LogP contribution >= 0.6 is 11.6 Å². The fourth-order valence-corrected chi connectivity index (χ4v) is 5.41. The molecule has 1 aliphatic carbocycles. The number of hydrogen-bond acceptors (Lipinski definition) is 3. The summed E-state index contributed by atoms with van der Waals surface area (Å²) in [6, 6.07) is 10.3. The standard InChI is InChI=1S/C23H29ClN2O3S/c1-5-22(26(30(4,28)29)20-12-9-15(2)21(24)14-20)23(27)25-16(3)18-11-10-17-7-6-8-19(17)13-18/h9-14,16,22H,5-8H2,1-4H3,(H,25,27)/t16-,22+/m1/s1. The van der Waals surface area contributed by atoms with Gasteiger partial charge in [0, 0.05) is 5.02 Å². The van der Waals surface area contributed by atoms with Crippen molar-refractivity contribution in [3.05, 3.63) is 63.7 Å². The van der Waals surface area contributed by atoms with Crippen LogP contribution in [0.3, 0.4) is 0 Å². The third-order valence-corrected chi connectivity index (χ3v) is 7.31. The van der Waals surface area contributed by atoms with Gasteiger partial charge in [-0.1, -0.05) is 42.8 Å². The SMILES string of the molecule is CC[C@@H](C(=O)N[C@H](C)c1ccc2c(c1)CCC2)N(c1ccc(C)c(Cl)c1)S(C)(=O)=O. The Hall–Kier alpha value is -2.05. The first-order chi connectivity index (χ1) is 14.1. The largest absolute Gasteiger partial charge is 0.348 e. The van der Waals surface area contributed by atoms with E-state index < -0.39 is 16.1 Å². The lowest BCUT2D eigenvalue weighted by molar-refractivity contribution is -0.122. The maximum atomic E-state index is 13.2. The molecular formula is C23H29ClN2O3S. The Balaban J connectivity index is 1.86. The van der Waals surface area contributed by atoms with E-state index in [1.54, 1.807) is 25.1 Å². The average molecular weight is 449 g/mol. The topological polar surface area (TPSA) is 66.5 Å². The molecule has 0 aliphatic heterocycles. The number of aryl methyl sites for hydroxylation is 3. The summed E-state index contributed by atoms with van der Waals surface area (Å²) in [5.74, 6) is -0.326. The van der Waals surface area contributed by atoms with E-state index in [0.717, 1.165) is 30.2 Å². The minimum Gasteiger partial charge on any atom is -0.348 e. The van der Waals surface area contributed by atoms with Crippen molar-refractivity contribution in [3.8, 4) is 0 Å². The molecule has 0 saturated carbocycles. The maximum absolute atomic E-state index is 13.2. The summed E-state index contributed by atoms with van der Waals surface area (Å²) in [7, 11) is -3.70. The third-order valence-electron chi connectivity index (χ3n) is 5.72. The predicted molar refractivity (Wildman–Crippen MR) is 123 cm³/mol. The van der Waals surface area contributed by atoms with Crippen LogP contribution < -0.4 is 9.62 Å². The molecule has 2 atom stereocenters. The van der Waals surface area contributed by atoms with Gasteiger partial charge in [-0.15, -0.1) is 0 Å². The van der Waals surface area contributed by atoms with Crippen LogP contribution in [-0.2, 0) is 27.7 Å². The number of carbonyl (C=O) groups excluding carboxylic acids is 1. The molecule has 0 radical (unpaired) electrons. The number of nitrogens with one attached hydrogen (secondary N) is 1. The van der Waals surface area contributed by atoms with E-state index in [1.165, 1.54) is 21.9 Å². The summed E-state index contributed by atoms with van der Waals surface area (Å²) >= 11 is 6.22. The quantitative estimate of drug-likeness (QED) is 0.675. The number of halogens is 1. The Morgan fingerprint density at radius 3 is 2.50 bits per heavy atom. The van der Waals surface area contributed by atoms with Crippen LogP contribution in [0.2, 0.25) is 5.02 Å². The molecule has 0 heterocycles. The molecule has 1 amide bonds. The molecule has 30 heavy (non-hydrogen) atoms. The van der Waals surface area contributed by atoms with Crippen LogP contribution in [0, 0.1) is 6.92 Å². The summed E-state index contributed by atoms with van der Waals surface area (Å²) in [4.78, 5) is 13.2. The molecule has 2 aromatic rings. The van der Waals surface area contributed by atoms with Crippen molar-refractivity contribution in [1.29, 1.82) is 0 Å². The first-order valence-corrected chi connectivity index (χ1v) is 12.5.